The molecule has 0 heterocycles. The number of nitrogens with one attached hydrogen (secondary N) is 1. The summed E-state index contributed by atoms with van der Waals surface area (Å²) in [5, 5.41) is 2.65. The molecule has 0 aliphatic carbocycles. The van der Waals surface area contributed by atoms with Crippen LogP contribution in [0, 0.1) is 5.82 Å². The lowest BCUT2D eigenvalue weighted by molar-refractivity contribution is -0.114. The maximum atomic E-state index is 13.5. The first-order chi connectivity index (χ1) is 16.3. The predicted molar refractivity (Wildman–Crippen MR) is 127 cm³/mol. The first kappa shape index (κ1) is 24.8. The van der Waals surface area contributed by atoms with Crippen LogP contribution in [-0.2, 0) is 14.8 Å². The number of carbonyl (C=O) groups is 1. The maximum Gasteiger partial charge on any atom is 0.264 e. The van der Waals surface area contributed by atoms with Gasteiger partial charge in [-0.3, -0.25) is 9.10 Å². The molecule has 1 N–H and O–H groups in total. The van der Waals surface area contributed by atoms with Crippen molar-refractivity contribution in [1.82, 2.24) is 0 Å². The number of rotatable bonds is 10. The van der Waals surface area contributed by atoms with Gasteiger partial charge in [-0.05, 0) is 67.6 Å². The molecule has 34 heavy (non-hydrogen) atoms. The smallest absolute Gasteiger partial charge is 0.264 e. The molecule has 0 fully saturated rings. The minimum atomic E-state index is -4.17. The van der Waals surface area contributed by atoms with E-state index in [4.69, 9.17) is 14.2 Å². The standard InChI is InChI=1S/C24H25FN2O6S/c1-4-33-19-9-12-21(13-10-19)34(29,30)27(18-7-5-17(25)6-8-18)16-24(28)26-22-14-11-20(31-2)15-23(22)32-3/h5-15H,4,16H2,1-3H3,(H,26,28). The van der Waals surface area contributed by atoms with Crippen LogP contribution in [0.25, 0.3) is 0 Å². The van der Waals surface area contributed by atoms with E-state index in [1.54, 1.807) is 18.2 Å². The van der Waals surface area contributed by atoms with Crippen LogP contribution >= 0.6 is 0 Å². The Balaban J connectivity index is 1.92. The van der Waals surface area contributed by atoms with Gasteiger partial charge in [0, 0.05) is 6.07 Å². The summed E-state index contributed by atoms with van der Waals surface area (Å²) in [7, 11) is -1.23. The van der Waals surface area contributed by atoms with Gasteiger partial charge in [-0.2, -0.15) is 0 Å². The average Bonchev–Trinajstić information content (AvgIpc) is 2.84. The summed E-state index contributed by atoms with van der Waals surface area (Å²) in [6, 6.07) is 15.5. The molecular weight excluding hydrogens is 463 g/mol. The molecule has 0 radical (unpaired) electrons. The van der Waals surface area contributed by atoms with E-state index in [-0.39, 0.29) is 10.6 Å². The highest BCUT2D eigenvalue weighted by Gasteiger charge is 2.28. The van der Waals surface area contributed by atoms with Crippen LogP contribution in [0.1, 0.15) is 6.92 Å². The van der Waals surface area contributed by atoms with Gasteiger partial charge in [-0.25, -0.2) is 12.8 Å². The second kappa shape index (κ2) is 10.9. The first-order valence-corrected chi connectivity index (χ1v) is 11.8. The Labute approximate surface area is 197 Å². The largest absolute Gasteiger partial charge is 0.497 e. The van der Waals surface area contributed by atoms with Crippen LogP contribution in [-0.4, -0.2) is 41.7 Å². The number of sulfonamides is 1. The number of nitrogens with zero attached hydrogens (tertiary/aromatic N) is 1. The molecule has 3 aromatic rings. The molecule has 10 heteroatoms. The van der Waals surface area contributed by atoms with Crippen LogP contribution in [0.4, 0.5) is 15.8 Å². The molecule has 0 atom stereocenters. The summed E-state index contributed by atoms with van der Waals surface area (Å²) in [5.74, 6) is 0.229. The summed E-state index contributed by atoms with van der Waals surface area (Å²) in [4.78, 5) is 12.9. The van der Waals surface area contributed by atoms with Crippen molar-refractivity contribution >= 4 is 27.3 Å². The van der Waals surface area contributed by atoms with Gasteiger partial charge < -0.3 is 19.5 Å². The predicted octanol–water partition coefficient (Wildman–Crippen LogP) is 4.08. The molecule has 180 valence electrons. The van der Waals surface area contributed by atoms with E-state index >= 15 is 0 Å². The van der Waals surface area contributed by atoms with Gasteiger partial charge >= 0.3 is 0 Å². The molecule has 0 saturated heterocycles. The number of benzene rings is 3. The van der Waals surface area contributed by atoms with Crippen molar-refractivity contribution in [3.05, 3.63) is 72.5 Å². The Bertz CT molecular complexity index is 1230. The highest BCUT2D eigenvalue weighted by molar-refractivity contribution is 7.92. The van der Waals surface area contributed by atoms with Crippen LogP contribution in [0.2, 0.25) is 0 Å². The Morgan fingerprint density at radius 1 is 0.941 bits per heavy atom. The third-order valence-corrected chi connectivity index (χ3v) is 6.60. The number of ether oxygens (including phenoxy) is 3. The molecular formula is C24H25FN2O6S. The number of hydrogen-bond donors (Lipinski definition) is 1. The molecule has 3 rings (SSSR count). The van der Waals surface area contributed by atoms with Crippen LogP contribution in [0.3, 0.4) is 0 Å². The summed E-state index contributed by atoms with van der Waals surface area (Å²) in [6.07, 6.45) is 0. The highest BCUT2D eigenvalue weighted by atomic mass is 32.2. The van der Waals surface area contributed by atoms with E-state index in [1.165, 1.54) is 50.6 Å². The number of hydrogen-bond acceptors (Lipinski definition) is 6. The van der Waals surface area contributed by atoms with Gasteiger partial charge in [-0.15, -0.1) is 0 Å². The van der Waals surface area contributed by atoms with E-state index in [9.17, 15) is 17.6 Å². The van der Waals surface area contributed by atoms with Gasteiger partial charge in [0.2, 0.25) is 5.91 Å². The molecule has 3 aromatic carbocycles. The van der Waals surface area contributed by atoms with E-state index in [2.05, 4.69) is 5.32 Å². The lowest BCUT2D eigenvalue weighted by Gasteiger charge is -2.24. The molecule has 8 nitrogen and oxygen atoms in total. The van der Waals surface area contributed by atoms with Gasteiger partial charge in [-0.1, -0.05) is 0 Å². The minimum Gasteiger partial charge on any atom is -0.497 e. The number of carbonyl (C=O) groups excluding carboxylic acids is 1. The average molecular weight is 489 g/mol. The lowest BCUT2D eigenvalue weighted by Crippen LogP contribution is -2.38. The topological polar surface area (TPSA) is 94.2 Å². The lowest BCUT2D eigenvalue weighted by atomic mass is 10.2. The Hall–Kier alpha value is -3.79. The van der Waals surface area contributed by atoms with Crippen molar-refractivity contribution in [3.63, 3.8) is 0 Å². The molecule has 0 spiro atoms. The zero-order chi connectivity index (χ0) is 24.7. The van der Waals surface area contributed by atoms with Gasteiger partial charge in [0.25, 0.3) is 10.0 Å². The van der Waals surface area contributed by atoms with Crippen LogP contribution < -0.4 is 23.8 Å². The van der Waals surface area contributed by atoms with E-state index in [0.29, 0.717) is 29.5 Å². The number of anilines is 2. The fourth-order valence-electron chi connectivity index (χ4n) is 3.15. The molecule has 1 amide bonds. The van der Waals surface area contributed by atoms with Crippen molar-refractivity contribution in [1.29, 1.82) is 0 Å². The summed E-state index contributed by atoms with van der Waals surface area (Å²) >= 11 is 0. The second-order valence-corrected chi connectivity index (χ2v) is 8.87. The fraction of sp³-hybridized carbons (Fsp3) is 0.208. The zero-order valence-electron chi connectivity index (χ0n) is 18.9. The summed E-state index contributed by atoms with van der Waals surface area (Å²) < 4.78 is 57.1. The van der Waals surface area contributed by atoms with Gasteiger partial charge in [0.15, 0.2) is 0 Å². The zero-order valence-corrected chi connectivity index (χ0v) is 19.8. The SMILES string of the molecule is CCOc1ccc(S(=O)(=O)N(CC(=O)Nc2ccc(OC)cc2OC)c2ccc(F)cc2)cc1. The Morgan fingerprint density at radius 3 is 2.18 bits per heavy atom. The van der Waals surface area contributed by atoms with E-state index in [1.807, 2.05) is 6.92 Å². The van der Waals surface area contributed by atoms with Crippen molar-refractivity contribution in [2.24, 2.45) is 0 Å². The van der Waals surface area contributed by atoms with Crippen LogP contribution in [0.5, 0.6) is 17.2 Å². The summed E-state index contributed by atoms with van der Waals surface area (Å²) in [6.45, 7) is 1.69. The number of halogens is 1. The highest BCUT2D eigenvalue weighted by Crippen LogP contribution is 2.30. The van der Waals surface area contributed by atoms with E-state index < -0.39 is 28.3 Å². The summed E-state index contributed by atoms with van der Waals surface area (Å²) in [5.41, 5.74) is 0.470. The molecule has 0 aromatic heterocycles. The van der Waals surface area contributed by atoms with Crippen molar-refractivity contribution < 1.29 is 31.8 Å². The molecule has 0 unspecified atom stereocenters. The maximum absolute atomic E-state index is 13.5. The first-order valence-electron chi connectivity index (χ1n) is 10.3. The molecule has 0 bridgehead atoms. The molecule has 0 aliphatic rings. The van der Waals surface area contributed by atoms with Crippen LogP contribution in [0.15, 0.2) is 71.6 Å². The van der Waals surface area contributed by atoms with E-state index in [0.717, 1.165) is 16.4 Å². The molecule has 0 aliphatic heterocycles. The van der Waals surface area contributed by atoms with Crippen molar-refractivity contribution in [2.75, 3.05) is 37.0 Å². The fourth-order valence-corrected chi connectivity index (χ4v) is 4.57. The normalized spacial score (nSPS) is 10.9. The van der Waals surface area contributed by atoms with Crippen molar-refractivity contribution in [3.8, 4) is 17.2 Å². The molecule has 0 saturated carbocycles. The number of amides is 1. The number of methoxy groups -OCH3 is 2. The Kier molecular flexibility index (Phi) is 7.95. The third-order valence-electron chi connectivity index (χ3n) is 4.81. The Morgan fingerprint density at radius 2 is 1.59 bits per heavy atom. The second-order valence-electron chi connectivity index (χ2n) is 7.01. The third kappa shape index (κ3) is 5.76. The van der Waals surface area contributed by atoms with Crippen molar-refractivity contribution in [2.45, 2.75) is 11.8 Å². The quantitative estimate of drug-likeness (QED) is 0.462. The monoisotopic (exact) mass is 488 g/mol. The minimum absolute atomic E-state index is 0.0462. The van der Waals surface area contributed by atoms with Gasteiger partial charge in [0.05, 0.1) is 37.1 Å². The van der Waals surface area contributed by atoms with Gasteiger partial charge in [0.1, 0.15) is 29.6 Å².